The van der Waals surface area contributed by atoms with Crippen molar-refractivity contribution in [1.29, 1.82) is 0 Å². The van der Waals surface area contributed by atoms with Gasteiger partial charge in [0.05, 0.1) is 34.6 Å². The van der Waals surface area contributed by atoms with Crippen LogP contribution in [0.25, 0.3) is 86.3 Å². The topological polar surface area (TPSA) is 9.86 Å². The van der Waals surface area contributed by atoms with Crippen molar-refractivity contribution in [3.8, 4) is 22.5 Å². The number of para-hydroxylation sites is 3. The lowest BCUT2D eigenvalue weighted by atomic mass is 10.0. The molecule has 2 nitrogen and oxygen atoms in total. The van der Waals surface area contributed by atoms with E-state index < -0.39 is 0 Å². The number of hydrogen-bond acceptors (Lipinski definition) is 1. The lowest BCUT2D eigenvalue weighted by Gasteiger charge is -2.12. The van der Waals surface area contributed by atoms with Crippen molar-refractivity contribution < 1.29 is 6.85 Å². The Bertz CT molecular complexity index is 2980. The van der Waals surface area contributed by atoms with E-state index in [0.717, 1.165) is 64.4 Å². The summed E-state index contributed by atoms with van der Waals surface area (Å²) < 4.78 is 48.9. The van der Waals surface area contributed by atoms with Crippen LogP contribution in [0.2, 0.25) is 0 Å². The van der Waals surface area contributed by atoms with Crippen LogP contribution in [0, 0.1) is 0 Å². The third kappa shape index (κ3) is 3.50. The fourth-order valence-electron chi connectivity index (χ4n) is 7.16. The van der Waals surface area contributed by atoms with E-state index in [9.17, 15) is 0 Å². The van der Waals surface area contributed by atoms with Crippen molar-refractivity contribution in [2.45, 2.75) is 0 Å². The van der Waals surface area contributed by atoms with Gasteiger partial charge in [-0.25, -0.2) is 0 Å². The van der Waals surface area contributed by atoms with Gasteiger partial charge in [-0.3, -0.25) is 0 Å². The van der Waals surface area contributed by atoms with E-state index in [2.05, 4.69) is 124 Å². The number of benzene rings is 7. The Morgan fingerprint density at radius 1 is 0.489 bits per heavy atom. The molecule has 3 heteroatoms. The average molecular weight is 596 g/mol. The Labute approximate surface area is 270 Å². The zero-order chi connectivity index (χ0) is 33.8. The van der Waals surface area contributed by atoms with Gasteiger partial charge in [-0.2, -0.15) is 0 Å². The molecular weight excluding hydrogens is 565 g/mol. The third-order valence-electron chi connectivity index (χ3n) is 9.01. The minimum absolute atomic E-state index is 0.193. The first-order valence-electron chi connectivity index (χ1n) is 17.5. The van der Waals surface area contributed by atoms with Crippen molar-refractivity contribution in [2.24, 2.45) is 0 Å². The summed E-state index contributed by atoms with van der Waals surface area (Å²) in [6.45, 7) is 0. The molecule has 3 aromatic heterocycles. The largest absolute Gasteiger partial charge is 0.309 e. The summed E-state index contributed by atoms with van der Waals surface area (Å²) in [4.78, 5) is 0. The highest BCUT2D eigenvalue weighted by atomic mass is 32.1. The number of hydrogen-bond donors (Lipinski definition) is 0. The summed E-state index contributed by atoms with van der Waals surface area (Å²) in [5.41, 5.74) is 7.45. The van der Waals surface area contributed by atoms with Crippen molar-refractivity contribution in [1.82, 2.24) is 9.13 Å². The highest BCUT2D eigenvalue weighted by Gasteiger charge is 2.19. The minimum Gasteiger partial charge on any atom is -0.309 e. The SMILES string of the molecule is [2H]c1c([2H])c([2H])c(-c2cccc3c2sc2cccc(-n4c5ccccc5c5ccc(-n6c7ccccc7c7ccccc76)cc54)c23)c([2H])c1[2H]. The number of fused-ring (bicyclic) bond motifs is 9. The zero-order valence-electron chi connectivity index (χ0n) is 28.9. The molecule has 0 saturated heterocycles. The average Bonchev–Trinajstić information content (AvgIpc) is 3.81. The second kappa shape index (κ2) is 9.43. The Morgan fingerprint density at radius 2 is 1.09 bits per heavy atom. The highest BCUT2D eigenvalue weighted by Crippen LogP contribution is 2.44. The van der Waals surface area contributed by atoms with Gasteiger partial charge in [0.15, 0.2) is 0 Å². The smallest absolute Gasteiger partial charge is 0.0629 e. The van der Waals surface area contributed by atoms with Crippen LogP contribution in [0.3, 0.4) is 0 Å². The van der Waals surface area contributed by atoms with Crippen LogP contribution in [-0.2, 0) is 0 Å². The Morgan fingerprint density at radius 3 is 1.80 bits per heavy atom. The highest BCUT2D eigenvalue weighted by molar-refractivity contribution is 7.26. The van der Waals surface area contributed by atoms with Crippen LogP contribution < -0.4 is 0 Å². The number of thiophene rings is 1. The van der Waals surface area contributed by atoms with Crippen LogP contribution in [0.5, 0.6) is 0 Å². The quantitative estimate of drug-likeness (QED) is 0.192. The third-order valence-corrected chi connectivity index (χ3v) is 10.2. The number of nitrogens with zero attached hydrogens (tertiary/aromatic N) is 2. The van der Waals surface area contributed by atoms with Gasteiger partial charge < -0.3 is 9.13 Å². The lowest BCUT2D eigenvalue weighted by molar-refractivity contribution is 1.16. The summed E-state index contributed by atoms with van der Waals surface area (Å²) in [6, 6.07) is 43.1. The number of rotatable bonds is 3. The predicted octanol–water partition coefficient (Wildman–Crippen LogP) is 11.9. The molecule has 0 radical (unpaired) electrons. The van der Waals surface area contributed by atoms with Gasteiger partial charge in [-0.05, 0) is 53.6 Å². The molecule has 0 fully saturated rings. The van der Waals surface area contributed by atoms with E-state index in [0.29, 0.717) is 5.56 Å². The summed E-state index contributed by atoms with van der Waals surface area (Å²) >= 11 is 1.59. The van der Waals surface area contributed by atoms with Crippen molar-refractivity contribution in [2.75, 3.05) is 0 Å². The Hall–Kier alpha value is -5.64. The van der Waals surface area contributed by atoms with E-state index in [4.69, 9.17) is 6.85 Å². The molecule has 0 aliphatic carbocycles. The van der Waals surface area contributed by atoms with Crippen LogP contribution in [0.1, 0.15) is 6.85 Å². The van der Waals surface area contributed by atoms with Crippen LogP contribution in [0.4, 0.5) is 0 Å². The first kappa shape index (κ1) is 20.3. The van der Waals surface area contributed by atoms with E-state index >= 15 is 0 Å². The molecular formula is C42H26N2S. The van der Waals surface area contributed by atoms with E-state index in [1.54, 1.807) is 11.3 Å². The molecule has 7 aromatic carbocycles. The molecule has 0 unspecified atom stereocenters. The summed E-state index contributed by atoms with van der Waals surface area (Å²) in [7, 11) is 0. The van der Waals surface area contributed by atoms with E-state index in [1.807, 2.05) is 12.1 Å². The molecule has 0 N–H and O–H groups in total. The normalized spacial score (nSPS) is 13.6. The molecule has 3 heterocycles. The maximum Gasteiger partial charge on any atom is 0.0629 e. The fraction of sp³-hybridized carbons (Fsp3) is 0. The van der Waals surface area contributed by atoms with Crippen LogP contribution in [0.15, 0.2) is 158 Å². The molecule has 0 aliphatic heterocycles. The van der Waals surface area contributed by atoms with Gasteiger partial charge in [0.1, 0.15) is 0 Å². The minimum atomic E-state index is -0.388. The maximum absolute atomic E-state index is 8.73. The number of aromatic nitrogens is 2. The standard InChI is InChI=1S/C42H26N2S/c1-2-12-27(13-3-1)29-17-10-18-34-41-38(22-11-23-40(41)45-42(29)34)44-37-21-9-6-16-32(37)33-25-24-28(26-39(33)44)43-35-19-7-4-14-30(35)31-15-5-8-20-36(31)43/h1-26H/i1D,2D,3D,12D,13D. The molecule has 10 aromatic rings. The molecule has 45 heavy (non-hydrogen) atoms. The van der Waals surface area contributed by atoms with Crippen LogP contribution in [-0.4, -0.2) is 9.13 Å². The second-order valence-corrected chi connectivity index (χ2v) is 12.4. The van der Waals surface area contributed by atoms with E-state index in [-0.39, 0.29) is 35.8 Å². The summed E-state index contributed by atoms with van der Waals surface area (Å²) in [5, 5.41) is 6.79. The second-order valence-electron chi connectivity index (χ2n) is 11.4. The molecule has 210 valence electrons. The van der Waals surface area contributed by atoms with Crippen LogP contribution >= 0.6 is 11.3 Å². The molecule has 0 spiro atoms. The first-order chi connectivity index (χ1) is 24.4. The summed E-state index contributed by atoms with van der Waals surface area (Å²) in [6.07, 6.45) is 0. The molecule has 10 rings (SSSR count). The Kier molecular flexibility index (Phi) is 4.26. The predicted molar refractivity (Wildman–Crippen MR) is 193 cm³/mol. The van der Waals surface area contributed by atoms with Gasteiger partial charge in [0.2, 0.25) is 0 Å². The summed E-state index contributed by atoms with van der Waals surface area (Å²) in [5.74, 6) is 0. The van der Waals surface area contributed by atoms with Gasteiger partial charge in [0, 0.05) is 47.4 Å². The molecule has 0 aliphatic rings. The van der Waals surface area contributed by atoms with E-state index in [1.165, 1.54) is 10.8 Å². The first-order valence-corrected chi connectivity index (χ1v) is 15.8. The molecule has 0 bridgehead atoms. The van der Waals surface area contributed by atoms with Crippen molar-refractivity contribution >= 4 is 75.1 Å². The lowest BCUT2D eigenvalue weighted by Crippen LogP contribution is -1.97. The van der Waals surface area contributed by atoms with Crippen molar-refractivity contribution in [3.63, 3.8) is 0 Å². The fourth-order valence-corrected chi connectivity index (χ4v) is 8.40. The maximum atomic E-state index is 8.73. The molecule has 0 atom stereocenters. The monoisotopic (exact) mass is 595 g/mol. The van der Waals surface area contributed by atoms with Gasteiger partial charge in [-0.15, -0.1) is 11.3 Å². The van der Waals surface area contributed by atoms with Gasteiger partial charge in [0.25, 0.3) is 0 Å². The zero-order valence-corrected chi connectivity index (χ0v) is 24.7. The molecule has 0 amide bonds. The van der Waals surface area contributed by atoms with Crippen molar-refractivity contribution in [3.05, 3.63) is 158 Å². The Balaban J connectivity index is 1.29. The van der Waals surface area contributed by atoms with Gasteiger partial charge >= 0.3 is 0 Å². The molecule has 0 saturated carbocycles. The van der Waals surface area contributed by atoms with Gasteiger partial charge in [-0.1, -0.05) is 115 Å².